The van der Waals surface area contributed by atoms with E-state index in [4.69, 9.17) is 5.73 Å². The van der Waals surface area contributed by atoms with E-state index in [0.717, 1.165) is 25.8 Å². The maximum Gasteiger partial charge on any atom is 0.241 e. The van der Waals surface area contributed by atoms with E-state index in [9.17, 15) is 0 Å². The van der Waals surface area contributed by atoms with Crippen molar-refractivity contribution in [2.24, 2.45) is 0 Å². The van der Waals surface area contributed by atoms with E-state index in [2.05, 4.69) is 45.6 Å². The summed E-state index contributed by atoms with van der Waals surface area (Å²) in [6.45, 7) is 7.42. The lowest BCUT2D eigenvalue weighted by Crippen LogP contribution is -2.35. The average molecular weight is 289 g/mol. The minimum Gasteiger partial charge on any atom is -0.368 e. The molecule has 1 unspecified atom stereocenters. The van der Waals surface area contributed by atoms with Crippen LogP contribution in [-0.2, 0) is 0 Å². The van der Waals surface area contributed by atoms with Crippen LogP contribution in [-0.4, -0.2) is 37.1 Å². The number of aromatic nitrogens is 5. The van der Waals surface area contributed by atoms with Gasteiger partial charge in [0, 0.05) is 25.0 Å². The van der Waals surface area contributed by atoms with Crippen LogP contribution in [0.3, 0.4) is 0 Å². The second-order valence-corrected chi connectivity index (χ2v) is 5.07. The van der Waals surface area contributed by atoms with Gasteiger partial charge in [-0.25, -0.2) is 4.98 Å². The first kappa shape index (κ1) is 15.2. The van der Waals surface area contributed by atoms with Crippen molar-refractivity contribution in [2.75, 3.05) is 17.2 Å². The molecule has 0 bridgehead atoms. The van der Waals surface area contributed by atoms with Crippen LogP contribution in [0.4, 0.5) is 11.9 Å². The number of hydrogen-bond donors (Lipinski definition) is 1. The molecule has 2 N–H and O–H groups in total. The monoisotopic (exact) mass is 289 g/mol. The topological polar surface area (TPSA) is 85.8 Å². The predicted octanol–water partition coefficient (Wildman–Crippen LogP) is 2.04. The van der Waals surface area contributed by atoms with Crippen LogP contribution in [0.15, 0.2) is 18.7 Å². The molecule has 0 aliphatic carbocycles. The van der Waals surface area contributed by atoms with Crippen LogP contribution < -0.4 is 10.6 Å². The van der Waals surface area contributed by atoms with Crippen LogP contribution >= 0.6 is 0 Å². The van der Waals surface area contributed by atoms with Gasteiger partial charge in [0.1, 0.15) is 6.33 Å². The van der Waals surface area contributed by atoms with Gasteiger partial charge in [0.05, 0.1) is 0 Å². The van der Waals surface area contributed by atoms with Crippen LogP contribution in [0, 0.1) is 0 Å². The van der Waals surface area contributed by atoms with Crippen LogP contribution in [0.25, 0.3) is 5.95 Å². The minimum absolute atomic E-state index is 0.230. The van der Waals surface area contributed by atoms with Crippen LogP contribution in [0.1, 0.15) is 40.0 Å². The first-order valence-corrected chi connectivity index (χ1v) is 7.42. The molecule has 0 amide bonds. The Balaban J connectivity index is 2.35. The Hall–Kier alpha value is -2.18. The zero-order chi connectivity index (χ0) is 15.2. The summed E-state index contributed by atoms with van der Waals surface area (Å²) in [5.74, 6) is 1.36. The molecule has 0 radical (unpaired) electrons. The summed E-state index contributed by atoms with van der Waals surface area (Å²) in [5, 5.41) is 0. The van der Waals surface area contributed by atoms with E-state index in [1.54, 1.807) is 23.3 Å². The van der Waals surface area contributed by atoms with Crippen molar-refractivity contribution in [3.63, 3.8) is 0 Å². The van der Waals surface area contributed by atoms with Gasteiger partial charge in [-0.1, -0.05) is 20.3 Å². The molecule has 0 aromatic carbocycles. The highest BCUT2D eigenvalue weighted by atomic mass is 15.3. The van der Waals surface area contributed by atoms with Crippen molar-refractivity contribution in [3.8, 4) is 5.95 Å². The Labute approximate surface area is 125 Å². The number of nitrogen functional groups attached to an aromatic ring is 1. The molecule has 2 aromatic heterocycles. The normalized spacial score (nSPS) is 12.3. The molecule has 114 valence electrons. The number of imidazole rings is 1. The van der Waals surface area contributed by atoms with Gasteiger partial charge in [0.25, 0.3) is 0 Å². The van der Waals surface area contributed by atoms with Gasteiger partial charge in [0.15, 0.2) is 0 Å². The summed E-state index contributed by atoms with van der Waals surface area (Å²) >= 11 is 0. The summed E-state index contributed by atoms with van der Waals surface area (Å²) < 4.78 is 1.73. The molecule has 7 nitrogen and oxygen atoms in total. The maximum atomic E-state index is 5.85. The summed E-state index contributed by atoms with van der Waals surface area (Å²) in [7, 11) is 0. The van der Waals surface area contributed by atoms with Crippen molar-refractivity contribution in [1.29, 1.82) is 0 Å². The van der Waals surface area contributed by atoms with E-state index in [1.807, 2.05) is 0 Å². The molecule has 0 fully saturated rings. The van der Waals surface area contributed by atoms with Gasteiger partial charge >= 0.3 is 0 Å². The fraction of sp³-hybridized carbons (Fsp3) is 0.571. The molecule has 21 heavy (non-hydrogen) atoms. The Morgan fingerprint density at radius 3 is 2.71 bits per heavy atom. The highest BCUT2D eigenvalue weighted by Crippen LogP contribution is 2.17. The minimum atomic E-state index is 0.230. The van der Waals surface area contributed by atoms with Crippen molar-refractivity contribution in [3.05, 3.63) is 18.7 Å². The molecule has 2 heterocycles. The average Bonchev–Trinajstić information content (AvgIpc) is 3.01. The van der Waals surface area contributed by atoms with Gasteiger partial charge in [-0.15, -0.1) is 0 Å². The molecule has 0 spiro atoms. The Kier molecular flexibility index (Phi) is 5.08. The van der Waals surface area contributed by atoms with Crippen molar-refractivity contribution in [2.45, 2.75) is 46.1 Å². The lowest BCUT2D eigenvalue weighted by molar-refractivity contribution is 0.580. The summed E-state index contributed by atoms with van der Waals surface area (Å²) in [5.41, 5.74) is 5.85. The number of hydrogen-bond acceptors (Lipinski definition) is 6. The lowest BCUT2D eigenvalue weighted by Gasteiger charge is -2.28. The van der Waals surface area contributed by atoms with Crippen molar-refractivity contribution in [1.82, 2.24) is 24.5 Å². The molecule has 1 atom stereocenters. The Morgan fingerprint density at radius 1 is 1.29 bits per heavy atom. The van der Waals surface area contributed by atoms with Gasteiger partial charge < -0.3 is 10.6 Å². The Morgan fingerprint density at radius 2 is 2.10 bits per heavy atom. The number of nitrogens with two attached hydrogens (primary N) is 1. The molecular weight excluding hydrogens is 266 g/mol. The largest absolute Gasteiger partial charge is 0.368 e. The molecule has 0 saturated heterocycles. The molecule has 0 saturated carbocycles. The fourth-order valence-corrected chi connectivity index (χ4v) is 2.06. The van der Waals surface area contributed by atoms with Crippen LogP contribution in [0.5, 0.6) is 0 Å². The van der Waals surface area contributed by atoms with E-state index in [0.29, 0.717) is 17.9 Å². The van der Waals surface area contributed by atoms with Gasteiger partial charge in [-0.3, -0.25) is 4.57 Å². The van der Waals surface area contributed by atoms with Crippen molar-refractivity contribution >= 4 is 11.9 Å². The summed E-state index contributed by atoms with van der Waals surface area (Å²) in [6.07, 6.45) is 8.37. The van der Waals surface area contributed by atoms with E-state index < -0.39 is 0 Å². The van der Waals surface area contributed by atoms with Gasteiger partial charge in [-0.2, -0.15) is 15.0 Å². The Bertz CT molecular complexity index is 552. The summed E-state index contributed by atoms with van der Waals surface area (Å²) in [6, 6.07) is 0.356. The zero-order valence-electron chi connectivity index (χ0n) is 12.9. The molecule has 2 rings (SSSR count). The maximum absolute atomic E-state index is 5.85. The van der Waals surface area contributed by atoms with E-state index in [-0.39, 0.29) is 5.95 Å². The predicted molar refractivity (Wildman–Crippen MR) is 83.4 cm³/mol. The van der Waals surface area contributed by atoms with Crippen molar-refractivity contribution < 1.29 is 0 Å². The quantitative estimate of drug-likeness (QED) is 0.839. The number of anilines is 2. The van der Waals surface area contributed by atoms with Gasteiger partial charge in [-0.05, 0) is 19.8 Å². The zero-order valence-corrected chi connectivity index (χ0v) is 12.9. The smallest absolute Gasteiger partial charge is 0.241 e. The third kappa shape index (κ3) is 3.68. The highest BCUT2D eigenvalue weighted by molar-refractivity contribution is 5.38. The number of rotatable bonds is 7. The summed E-state index contributed by atoms with van der Waals surface area (Å²) in [4.78, 5) is 19.2. The van der Waals surface area contributed by atoms with Crippen LogP contribution in [0.2, 0.25) is 0 Å². The first-order chi connectivity index (χ1) is 10.2. The standard InChI is InChI=1S/C14H23N7/c1-4-6-8-21(11(3)5-2)14-18-12(15)17-13(19-14)20-9-7-16-10-20/h7,9-11H,4-6,8H2,1-3H3,(H2,15,17,18,19). The first-order valence-electron chi connectivity index (χ1n) is 7.42. The SMILES string of the molecule is CCCCN(c1nc(N)nc(-n2ccnc2)n1)C(C)CC. The fourth-order valence-electron chi connectivity index (χ4n) is 2.06. The second-order valence-electron chi connectivity index (χ2n) is 5.07. The molecule has 7 heteroatoms. The lowest BCUT2D eigenvalue weighted by atomic mass is 10.2. The molecule has 0 aliphatic heterocycles. The number of nitrogens with zero attached hydrogens (tertiary/aromatic N) is 6. The van der Waals surface area contributed by atoms with Gasteiger partial charge in [0.2, 0.25) is 17.8 Å². The third-order valence-electron chi connectivity index (χ3n) is 3.50. The molecule has 2 aromatic rings. The van der Waals surface area contributed by atoms with E-state index in [1.165, 1.54) is 0 Å². The number of unbranched alkanes of at least 4 members (excludes halogenated alkanes) is 1. The second kappa shape index (κ2) is 7.01. The third-order valence-corrected chi connectivity index (χ3v) is 3.50. The highest BCUT2D eigenvalue weighted by Gasteiger charge is 2.17. The molecular formula is C14H23N7. The molecule has 0 aliphatic rings. The van der Waals surface area contributed by atoms with E-state index >= 15 is 0 Å².